The van der Waals surface area contributed by atoms with Gasteiger partial charge in [-0.15, -0.1) is 0 Å². The van der Waals surface area contributed by atoms with E-state index < -0.39 is 4.92 Å². The monoisotopic (exact) mass is 272 g/mol. The van der Waals surface area contributed by atoms with Gasteiger partial charge in [0.05, 0.1) is 4.92 Å². The molecule has 0 heterocycles. The number of halogens is 1. The van der Waals surface area contributed by atoms with Crippen molar-refractivity contribution < 1.29 is 10.0 Å². The van der Waals surface area contributed by atoms with Crippen molar-refractivity contribution in [2.45, 2.75) is 32.4 Å². The first kappa shape index (κ1) is 14.9. The normalized spacial score (nSPS) is 11.6. The number of nitrogens with zero attached hydrogens (tertiary/aromatic N) is 1. The Morgan fingerprint density at radius 3 is 2.72 bits per heavy atom. The summed E-state index contributed by atoms with van der Waals surface area (Å²) in [5.41, 5.74) is 0.483. The third-order valence-corrected chi connectivity index (χ3v) is 3.03. The fourth-order valence-corrected chi connectivity index (χ4v) is 1.70. The van der Waals surface area contributed by atoms with Crippen molar-refractivity contribution in [3.05, 3.63) is 38.9 Å². The first-order valence-electron chi connectivity index (χ1n) is 5.64. The molecule has 0 aliphatic carbocycles. The molecule has 0 bridgehead atoms. The summed E-state index contributed by atoms with van der Waals surface area (Å²) in [7, 11) is 0. The number of nitrogens with one attached hydrogen (secondary N) is 1. The number of rotatable bonds is 6. The first-order valence-corrected chi connectivity index (χ1v) is 6.02. The average Bonchev–Trinajstić information content (AvgIpc) is 2.27. The van der Waals surface area contributed by atoms with Gasteiger partial charge < -0.3 is 10.4 Å². The van der Waals surface area contributed by atoms with Crippen molar-refractivity contribution in [2.24, 2.45) is 0 Å². The fraction of sp³-hybridized carbons (Fsp3) is 0.500. The van der Waals surface area contributed by atoms with Gasteiger partial charge in [-0.25, -0.2) is 0 Å². The summed E-state index contributed by atoms with van der Waals surface area (Å²) < 4.78 is 0. The van der Waals surface area contributed by atoms with E-state index in [4.69, 9.17) is 16.7 Å². The predicted molar refractivity (Wildman–Crippen MR) is 70.7 cm³/mol. The Morgan fingerprint density at radius 1 is 1.50 bits per heavy atom. The van der Waals surface area contributed by atoms with Crippen LogP contribution >= 0.6 is 11.6 Å². The smallest absolute Gasteiger partial charge is 0.288 e. The Hall–Kier alpha value is -1.17. The van der Waals surface area contributed by atoms with Gasteiger partial charge in [0.1, 0.15) is 5.02 Å². The summed E-state index contributed by atoms with van der Waals surface area (Å²) in [5.74, 6) is 0. The van der Waals surface area contributed by atoms with Crippen LogP contribution in [0.15, 0.2) is 18.2 Å². The second-order valence-corrected chi connectivity index (χ2v) is 5.16. The molecule has 0 saturated heterocycles. The highest BCUT2D eigenvalue weighted by atomic mass is 35.5. The van der Waals surface area contributed by atoms with E-state index in [0.29, 0.717) is 13.0 Å². The largest absolute Gasteiger partial charge is 0.396 e. The zero-order valence-electron chi connectivity index (χ0n) is 10.4. The molecule has 0 aliphatic heterocycles. The minimum Gasteiger partial charge on any atom is -0.396 e. The predicted octanol–water partition coefficient (Wildman–Crippen LogP) is 2.50. The summed E-state index contributed by atoms with van der Waals surface area (Å²) in [6.07, 6.45) is 0.614. The topological polar surface area (TPSA) is 75.4 Å². The van der Waals surface area contributed by atoms with E-state index in [1.807, 2.05) is 13.8 Å². The van der Waals surface area contributed by atoms with E-state index in [1.165, 1.54) is 12.1 Å². The Morgan fingerprint density at radius 2 is 2.17 bits per heavy atom. The molecule has 18 heavy (non-hydrogen) atoms. The third-order valence-electron chi connectivity index (χ3n) is 2.72. The van der Waals surface area contributed by atoms with Crippen LogP contribution < -0.4 is 5.32 Å². The Balaban J connectivity index is 2.74. The lowest BCUT2D eigenvalue weighted by atomic mass is 10.0. The highest BCUT2D eigenvalue weighted by Crippen LogP contribution is 2.25. The van der Waals surface area contributed by atoms with E-state index in [1.54, 1.807) is 6.07 Å². The molecule has 0 saturated carbocycles. The maximum atomic E-state index is 10.7. The minimum absolute atomic E-state index is 0.0871. The lowest BCUT2D eigenvalue weighted by Gasteiger charge is -2.25. The number of aliphatic hydroxyl groups is 1. The van der Waals surface area contributed by atoms with Gasteiger partial charge in [0, 0.05) is 24.8 Å². The lowest BCUT2D eigenvalue weighted by molar-refractivity contribution is -0.384. The molecule has 0 amide bonds. The Bertz CT molecular complexity index is 435. The molecule has 0 spiro atoms. The second-order valence-electron chi connectivity index (χ2n) is 4.75. The number of benzene rings is 1. The number of nitro groups is 1. The van der Waals surface area contributed by atoms with Gasteiger partial charge in [-0.2, -0.15) is 0 Å². The highest BCUT2D eigenvalue weighted by molar-refractivity contribution is 6.32. The Labute approximate surface area is 111 Å². The van der Waals surface area contributed by atoms with Crippen LogP contribution in [-0.2, 0) is 6.54 Å². The van der Waals surface area contributed by atoms with Crippen LogP contribution in [0.5, 0.6) is 0 Å². The van der Waals surface area contributed by atoms with Crippen LogP contribution in [0.25, 0.3) is 0 Å². The number of nitro benzene ring substituents is 1. The van der Waals surface area contributed by atoms with Crippen LogP contribution in [0.3, 0.4) is 0 Å². The molecule has 100 valence electrons. The van der Waals surface area contributed by atoms with Crippen molar-refractivity contribution in [2.75, 3.05) is 6.61 Å². The molecular weight excluding hydrogens is 256 g/mol. The van der Waals surface area contributed by atoms with Crippen LogP contribution in [0.2, 0.25) is 5.02 Å². The van der Waals surface area contributed by atoms with Gasteiger partial charge in [-0.05, 0) is 31.9 Å². The van der Waals surface area contributed by atoms with Gasteiger partial charge in [0.2, 0.25) is 0 Å². The van der Waals surface area contributed by atoms with Crippen LogP contribution in [-0.4, -0.2) is 22.2 Å². The third kappa shape index (κ3) is 4.25. The molecule has 0 fully saturated rings. The first-order chi connectivity index (χ1) is 8.35. The summed E-state index contributed by atoms with van der Waals surface area (Å²) in [6, 6.07) is 4.73. The molecule has 0 aromatic heterocycles. The molecule has 1 aromatic carbocycles. The van der Waals surface area contributed by atoms with Crippen LogP contribution in [0, 0.1) is 10.1 Å². The van der Waals surface area contributed by atoms with E-state index in [9.17, 15) is 10.1 Å². The Kier molecular flexibility index (Phi) is 5.07. The van der Waals surface area contributed by atoms with E-state index >= 15 is 0 Å². The molecule has 5 nitrogen and oxygen atoms in total. The van der Waals surface area contributed by atoms with Gasteiger partial charge in [0.15, 0.2) is 0 Å². The number of hydrogen-bond acceptors (Lipinski definition) is 4. The van der Waals surface area contributed by atoms with Gasteiger partial charge in [-0.3, -0.25) is 10.1 Å². The molecule has 6 heteroatoms. The molecule has 0 atom stereocenters. The number of hydrogen-bond donors (Lipinski definition) is 2. The maximum absolute atomic E-state index is 10.7. The highest BCUT2D eigenvalue weighted by Gasteiger charge is 2.17. The van der Waals surface area contributed by atoms with E-state index in [-0.39, 0.29) is 22.9 Å². The van der Waals surface area contributed by atoms with E-state index in [0.717, 1.165) is 5.56 Å². The second kappa shape index (κ2) is 6.13. The maximum Gasteiger partial charge on any atom is 0.288 e. The molecule has 2 N–H and O–H groups in total. The quantitative estimate of drug-likeness (QED) is 0.616. The van der Waals surface area contributed by atoms with Crippen molar-refractivity contribution in [3.8, 4) is 0 Å². The van der Waals surface area contributed by atoms with Crippen molar-refractivity contribution in [3.63, 3.8) is 0 Å². The minimum atomic E-state index is -0.495. The standard InChI is InChI=1S/C12H17ClN2O3/c1-12(2,5-6-16)14-8-9-3-4-10(13)11(7-9)15(17)18/h3-4,7,14,16H,5-6,8H2,1-2H3. The summed E-state index contributed by atoms with van der Waals surface area (Å²) in [5, 5.41) is 23.0. The van der Waals surface area contributed by atoms with Crippen molar-refractivity contribution in [1.82, 2.24) is 5.32 Å². The molecule has 0 unspecified atom stereocenters. The zero-order chi connectivity index (χ0) is 13.8. The van der Waals surface area contributed by atoms with Crippen LogP contribution in [0.4, 0.5) is 5.69 Å². The van der Waals surface area contributed by atoms with Gasteiger partial charge >= 0.3 is 0 Å². The average molecular weight is 273 g/mol. The van der Waals surface area contributed by atoms with Crippen molar-refractivity contribution >= 4 is 17.3 Å². The van der Waals surface area contributed by atoms with Crippen molar-refractivity contribution in [1.29, 1.82) is 0 Å². The SMILES string of the molecule is CC(C)(CCO)NCc1ccc(Cl)c([N+](=O)[O-])c1. The fourth-order valence-electron chi connectivity index (χ4n) is 1.52. The van der Waals surface area contributed by atoms with E-state index in [2.05, 4.69) is 5.32 Å². The molecular formula is C12H17ClN2O3. The zero-order valence-corrected chi connectivity index (χ0v) is 11.2. The number of aliphatic hydroxyl groups excluding tert-OH is 1. The lowest BCUT2D eigenvalue weighted by Crippen LogP contribution is -2.39. The van der Waals surface area contributed by atoms with Crippen LogP contribution in [0.1, 0.15) is 25.8 Å². The summed E-state index contributed by atoms with van der Waals surface area (Å²) >= 11 is 5.74. The van der Waals surface area contributed by atoms with Gasteiger partial charge in [-0.1, -0.05) is 17.7 Å². The van der Waals surface area contributed by atoms with Gasteiger partial charge in [0.25, 0.3) is 5.69 Å². The summed E-state index contributed by atoms with van der Waals surface area (Å²) in [6.45, 7) is 4.52. The molecule has 0 radical (unpaired) electrons. The molecule has 1 rings (SSSR count). The molecule has 1 aromatic rings. The summed E-state index contributed by atoms with van der Waals surface area (Å²) in [4.78, 5) is 10.2. The molecule has 0 aliphatic rings.